The monoisotopic (exact) mass is 266 g/mol. The van der Waals surface area contributed by atoms with Crippen LogP contribution in [0.15, 0.2) is 12.1 Å². The summed E-state index contributed by atoms with van der Waals surface area (Å²) >= 11 is 1.99. The summed E-state index contributed by atoms with van der Waals surface area (Å²) in [5.74, 6) is 0.947. The van der Waals surface area contributed by atoms with E-state index in [1.165, 1.54) is 56.7 Å². The second-order valence-corrected chi connectivity index (χ2v) is 6.59. The number of aryl methyl sites for hydroxylation is 1. The van der Waals surface area contributed by atoms with Gasteiger partial charge in [0.25, 0.3) is 0 Å². The lowest BCUT2D eigenvalue weighted by molar-refractivity contribution is 0.173. The van der Waals surface area contributed by atoms with E-state index < -0.39 is 0 Å². The number of thiophene rings is 1. The Hall–Kier alpha value is -0.380. The molecule has 0 atom stereocenters. The number of likely N-dealkylation sites (tertiary alicyclic amines) is 1. The highest BCUT2D eigenvalue weighted by Gasteiger charge is 2.19. The molecule has 1 fully saturated rings. The van der Waals surface area contributed by atoms with Crippen LogP contribution >= 0.6 is 11.3 Å². The van der Waals surface area contributed by atoms with E-state index in [9.17, 15) is 0 Å². The molecule has 1 saturated heterocycles. The lowest BCUT2D eigenvalue weighted by Crippen LogP contribution is -2.33. The first-order chi connectivity index (χ1) is 8.81. The predicted molar refractivity (Wildman–Crippen MR) is 80.2 cm³/mol. The molecule has 102 valence electrons. The fraction of sp³-hybridized carbons (Fsp3) is 0.733. The average Bonchev–Trinajstić information content (AvgIpc) is 2.86. The SMILES string of the molecule is CCc1ccc(CN2CCC(CCNC)CC2)s1. The lowest BCUT2D eigenvalue weighted by atomic mass is 9.93. The van der Waals surface area contributed by atoms with E-state index in [0.29, 0.717) is 0 Å². The van der Waals surface area contributed by atoms with Crippen molar-refractivity contribution >= 4 is 11.3 Å². The second-order valence-electron chi connectivity index (χ2n) is 5.33. The Balaban J connectivity index is 1.73. The van der Waals surface area contributed by atoms with Gasteiger partial charge in [0.15, 0.2) is 0 Å². The predicted octanol–water partition coefficient (Wildman–Crippen LogP) is 3.13. The van der Waals surface area contributed by atoms with Crippen molar-refractivity contribution in [3.63, 3.8) is 0 Å². The molecule has 0 aliphatic carbocycles. The molecule has 0 bridgehead atoms. The van der Waals surface area contributed by atoms with Gasteiger partial charge >= 0.3 is 0 Å². The lowest BCUT2D eigenvalue weighted by Gasteiger charge is -2.31. The van der Waals surface area contributed by atoms with E-state index in [-0.39, 0.29) is 0 Å². The van der Waals surface area contributed by atoms with Crippen LogP contribution in [0.4, 0.5) is 0 Å². The third kappa shape index (κ3) is 4.08. The molecule has 18 heavy (non-hydrogen) atoms. The maximum Gasteiger partial charge on any atom is 0.0328 e. The Morgan fingerprint density at radius 3 is 2.61 bits per heavy atom. The van der Waals surface area contributed by atoms with Crippen LogP contribution in [0, 0.1) is 5.92 Å². The van der Waals surface area contributed by atoms with Crippen molar-refractivity contribution in [3.8, 4) is 0 Å². The first-order valence-corrected chi connectivity index (χ1v) is 8.08. The van der Waals surface area contributed by atoms with Crippen LogP contribution in [0.25, 0.3) is 0 Å². The zero-order valence-electron chi connectivity index (χ0n) is 11.7. The number of piperidine rings is 1. The molecule has 1 aromatic heterocycles. The number of nitrogens with one attached hydrogen (secondary N) is 1. The average molecular weight is 266 g/mol. The summed E-state index contributed by atoms with van der Waals surface area (Å²) in [6.45, 7) is 7.16. The highest BCUT2D eigenvalue weighted by molar-refractivity contribution is 7.11. The van der Waals surface area contributed by atoms with Crippen molar-refractivity contribution in [1.29, 1.82) is 0 Å². The van der Waals surface area contributed by atoms with Crippen LogP contribution in [0.3, 0.4) is 0 Å². The standard InChI is InChI=1S/C15H26N2S/c1-3-14-4-5-15(18-14)12-17-10-7-13(8-11-17)6-9-16-2/h4-5,13,16H,3,6-12H2,1-2H3. The fourth-order valence-corrected chi connectivity index (χ4v) is 3.70. The molecule has 1 aromatic rings. The van der Waals surface area contributed by atoms with Crippen molar-refractivity contribution in [2.24, 2.45) is 5.92 Å². The maximum atomic E-state index is 3.26. The van der Waals surface area contributed by atoms with Gasteiger partial charge in [0.1, 0.15) is 0 Å². The molecule has 1 N–H and O–H groups in total. The van der Waals surface area contributed by atoms with Crippen LogP contribution in [-0.2, 0) is 13.0 Å². The van der Waals surface area contributed by atoms with Crippen molar-refractivity contribution in [1.82, 2.24) is 10.2 Å². The van der Waals surface area contributed by atoms with E-state index in [2.05, 4.69) is 36.3 Å². The molecule has 0 radical (unpaired) electrons. The molecule has 0 unspecified atom stereocenters. The zero-order valence-corrected chi connectivity index (χ0v) is 12.6. The summed E-state index contributed by atoms with van der Waals surface area (Å²) in [6, 6.07) is 4.61. The quantitative estimate of drug-likeness (QED) is 0.851. The molecule has 2 rings (SSSR count). The van der Waals surface area contributed by atoms with E-state index >= 15 is 0 Å². The van der Waals surface area contributed by atoms with E-state index in [1.54, 1.807) is 4.88 Å². The van der Waals surface area contributed by atoms with Gasteiger partial charge in [-0.05, 0) is 70.4 Å². The van der Waals surface area contributed by atoms with Crippen molar-refractivity contribution in [2.45, 2.75) is 39.2 Å². The zero-order chi connectivity index (χ0) is 12.8. The molecule has 1 aliphatic rings. The minimum absolute atomic E-state index is 0.947. The van der Waals surface area contributed by atoms with Gasteiger partial charge in [-0.15, -0.1) is 11.3 Å². The van der Waals surface area contributed by atoms with Gasteiger partial charge in [-0.2, -0.15) is 0 Å². The first kappa shape index (κ1) is 14.0. The molecular weight excluding hydrogens is 240 g/mol. The number of hydrogen-bond acceptors (Lipinski definition) is 3. The highest BCUT2D eigenvalue weighted by Crippen LogP contribution is 2.24. The summed E-state index contributed by atoms with van der Waals surface area (Å²) in [6.07, 6.45) is 5.29. The van der Waals surface area contributed by atoms with E-state index in [1.807, 2.05) is 11.3 Å². The molecule has 2 heterocycles. The van der Waals surface area contributed by atoms with Crippen LogP contribution in [0.2, 0.25) is 0 Å². The molecule has 1 aliphatic heterocycles. The van der Waals surface area contributed by atoms with Gasteiger partial charge in [0, 0.05) is 16.3 Å². The Labute approximate surface area is 115 Å². The minimum atomic E-state index is 0.947. The van der Waals surface area contributed by atoms with Crippen molar-refractivity contribution < 1.29 is 0 Å². The first-order valence-electron chi connectivity index (χ1n) is 7.26. The van der Waals surface area contributed by atoms with Gasteiger partial charge in [-0.1, -0.05) is 6.92 Å². The summed E-state index contributed by atoms with van der Waals surface area (Å²) in [5, 5.41) is 3.26. The maximum absolute atomic E-state index is 3.26. The van der Waals surface area contributed by atoms with Gasteiger partial charge in [-0.25, -0.2) is 0 Å². The molecule has 2 nitrogen and oxygen atoms in total. The number of nitrogens with zero attached hydrogens (tertiary/aromatic N) is 1. The number of rotatable bonds is 6. The van der Waals surface area contributed by atoms with Crippen LogP contribution in [0.1, 0.15) is 35.9 Å². The van der Waals surface area contributed by atoms with Gasteiger partial charge in [0.2, 0.25) is 0 Å². The van der Waals surface area contributed by atoms with E-state index in [0.717, 1.165) is 5.92 Å². The van der Waals surface area contributed by atoms with E-state index in [4.69, 9.17) is 0 Å². The third-order valence-corrected chi connectivity index (χ3v) is 5.17. The normalized spacial score (nSPS) is 18.3. The number of hydrogen-bond donors (Lipinski definition) is 1. The second kappa shape index (κ2) is 7.27. The molecule has 0 amide bonds. The van der Waals surface area contributed by atoms with Crippen molar-refractivity contribution in [3.05, 3.63) is 21.9 Å². The van der Waals surface area contributed by atoms with Gasteiger partial charge in [0.05, 0.1) is 0 Å². The largest absolute Gasteiger partial charge is 0.320 e. The molecule has 0 aromatic carbocycles. The summed E-state index contributed by atoms with van der Waals surface area (Å²) in [7, 11) is 2.05. The van der Waals surface area contributed by atoms with Crippen LogP contribution < -0.4 is 5.32 Å². The summed E-state index contributed by atoms with van der Waals surface area (Å²) in [4.78, 5) is 5.69. The smallest absolute Gasteiger partial charge is 0.0328 e. The molecule has 3 heteroatoms. The highest BCUT2D eigenvalue weighted by atomic mass is 32.1. The minimum Gasteiger partial charge on any atom is -0.320 e. The molecule has 0 spiro atoms. The summed E-state index contributed by atoms with van der Waals surface area (Å²) in [5.41, 5.74) is 0. The Morgan fingerprint density at radius 2 is 2.00 bits per heavy atom. The Kier molecular flexibility index (Phi) is 5.67. The summed E-state index contributed by atoms with van der Waals surface area (Å²) < 4.78 is 0. The Morgan fingerprint density at radius 1 is 1.28 bits per heavy atom. The molecular formula is C15H26N2S. The molecule has 0 saturated carbocycles. The van der Waals surface area contributed by atoms with Crippen LogP contribution in [-0.4, -0.2) is 31.6 Å². The third-order valence-electron chi connectivity index (χ3n) is 3.95. The Bertz CT molecular complexity index is 340. The van der Waals surface area contributed by atoms with Gasteiger partial charge in [-0.3, -0.25) is 4.90 Å². The van der Waals surface area contributed by atoms with Crippen molar-refractivity contribution in [2.75, 3.05) is 26.7 Å². The topological polar surface area (TPSA) is 15.3 Å². The fourth-order valence-electron chi connectivity index (χ4n) is 2.70. The van der Waals surface area contributed by atoms with Crippen LogP contribution in [0.5, 0.6) is 0 Å². The van der Waals surface area contributed by atoms with Gasteiger partial charge < -0.3 is 5.32 Å².